The summed E-state index contributed by atoms with van der Waals surface area (Å²) in [4.78, 5) is 8.25. The van der Waals surface area contributed by atoms with E-state index in [9.17, 15) is 0 Å². The molecule has 2 rings (SSSR count). The summed E-state index contributed by atoms with van der Waals surface area (Å²) in [6, 6.07) is 1.85. The second-order valence-corrected chi connectivity index (χ2v) is 4.31. The summed E-state index contributed by atoms with van der Waals surface area (Å²) in [6.45, 7) is 3.13. The summed E-state index contributed by atoms with van der Waals surface area (Å²) < 4.78 is 7.45. The SMILES string of the molecule is CCn1ncnc1COc1cncc(C#CCCCl)c1. The minimum atomic E-state index is 0.355. The van der Waals surface area contributed by atoms with Crippen molar-refractivity contribution in [3.8, 4) is 17.6 Å². The third-order valence-electron chi connectivity index (χ3n) is 2.53. The molecule has 0 unspecified atom stereocenters. The maximum absolute atomic E-state index is 5.66. The number of ether oxygens (including phenoxy) is 1. The molecular formula is C14H15ClN4O. The summed E-state index contributed by atoms with van der Waals surface area (Å²) in [5, 5.41) is 4.09. The van der Waals surface area contributed by atoms with Gasteiger partial charge in [-0.1, -0.05) is 11.8 Å². The number of alkyl halides is 1. The van der Waals surface area contributed by atoms with Gasteiger partial charge in [0.05, 0.1) is 6.20 Å². The van der Waals surface area contributed by atoms with Gasteiger partial charge in [-0.2, -0.15) is 5.10 Å². The molecule has 6 heteroatoms. The quantitative estimate of drug-likeness (QED) is 0.626. The molecule has 0 spiro atoms. The zero-order valence-corrected chi connectivity index (χ0v) is 12.0. The molecule has 0 aliphatic heterocycles. The summed E-state index contributed by atoms with van der Waals surface area (Å²) in [7, 11) is 0. The first-order chi connectivity index (χ1) is 9.83. The van der Waals surface area contributed by atoms with Gasteiger partial charge in [-0.15, -0.1) is 11.6 Å². The Bertz CT molecular complexity index is 615. The molecule has 2 heterocycles. The maximum atomic E-state index is 5.66. The van der Waals surface area contributed by atoms with Crippen LogP contribution >= 0.6 is 11.6 Å². The normalized spacial score (nSPS) is 9.90. The zero-order chi connectivity index (χ0) is 14.2. The lowest BCUT2D eigenvalue weighted by Gasteiger charge is -2.06. The number of aromatic nitrogens is 4. The van der Waals surface area contributed by atoms with E-state index in [0.29, 0.717) is 24.7 Å². The summed E-state index contributed by atoms with van der Waals surface area (Å²) >= 11 is 5.58. The average molecular weight is 291 g/mol. The molecule has 0 N–H and O–H groups in total. The minimum absolute atomic E-state index is 0.355. The van der Waals surface area contributed by atoms with Crippen molar-refractivity contribution in [2.75, 3.05) is 5.88 Å². The molecule has 0 amide bonds. The van der Waals surface area contributed by atoms with Gasteiger partial charge >= 0.3 is 0 Å². The average Bonchev–Trinajstić information content (AvgIpc) is 2.93. The van der Waals surface area contributed by atoms with Crippen LogP contribution in [0.4, 0.5) is 0 Å². The van der Waals surface area contributed by atoms with Crippen molar-refractivity contribution in [1.29, 1.82) is 0 Å². The number of pyridine rings is 1. The maximum Gasteiger partial charge on any atom is 0.164 e. The van der Waals surface area contributed by atoms with Crippen molar-refractivity contribution < 1.29 is 4.74 Å². The Hall–Kier alpha value is -2.06. The van der Waals surface area contributed by atoms with Gasteiger partial charge in [-0.3, -0.25) is 4.98 Å². The highest BCUT2D eigenvalue weighted by atomic mass is 35.5. The molecule has 0 bridgehead atoms. The highest BCUT2D eigenvalue weighted by Gasteiger charge is 2.04. The van der Waals surface area contributed by atoms with E-state index in [1.54, 1.807) is 17.1 Å². The number of hydrogen-bond acceptors (Lipinski definition) is 4. The summed E-state index contributed by atoms with van der Waals surface area (Å²) in [5.74, 6) is 7.93. The number of rotatable bonds is 5. The molecule has 0 aromatic carbocycles. The Labute approximate surface area is 123 Å². The minimum Gasteiger partial charge on any atom is -0.484 e. The molecule has 104 valence electrons. The van der Waals surface area contributed by atoms with E-state index in [0.717, 1.165) is 17.9 Å². The number of nitrogens with zero attached hydrogens (tertiary/aromatic N) is 4. The Morgan fingerprint density at radius 1 is 1.40 bits per heavy atom. The second-order valence-electron chi connectivity index (χ2n) is 3.93. The van der Waals surface area contributed by atoms with Gasteiger partial charge in [0.1, 0.15) is 18.7 Å². The first kappa shape index (κ1) is 14.4. The van der Waals surface area contributed by atoms with Crippen LogP contribution in [0.3, 0.4) is 0 Å². The molecule has 0 fully saturated rings. The molecule has 5 nitrogen and oxygen atoms in total. The van der Waals surface area contributed by atoms with Gasteiger partial charge in [0.25, 0.3) is 0 Å². The second kappa shape index (κ2) is 7.51. The smallest absolute Gasteiger partial charge is 0.164 e. The number of hydrogen-bond donors (Lipinski definition) is 0. The highest BCUT2D eigenvalue weighted by molar-refractivity contribution is 6.18. The van der Waals surface area contributed by atoms with E-state index in [1.807, 2.05) is 13.0 Å². The Kier molecular flexibility index (Phi) is 5.39. The van der Waals surface area contributed by atoms with Crippen LogP contribution in [0.15, 0.2) is 24.8 Å². The molecule has 2 aromatic heterocycles. The van der Waals surface area contributed by atoms with Crippen LogP contribution in [0.1, 0.15) is 24.7 Å². The third kappa shape index (κ3) is 3.97. The largest absolute Gasteiger partial charge is 0.484 e. The third-order valence-corrected chi connectivity index (χ3v) is 2.72. The van der Waals surface area contributed by atoms with Crippen LogP contribution in [-0.2, 0) is 13.2 Å². The Balaban J connectivity index is 2.00. The highest BCUT2D eigenvalue weighted by Crippen LogP contribution is 2.12. The van der Waals surface area contributed by atoms with Crippen molar-refractivity contribution >= 4 is 11.6 Å². The lowest BCUT2D eigenvalue weighted by molar-refractivity contribution is 0.286. The molecule has 0 saturated heterocycles. The van der Waals surface area contributed by atoms with Crippen LogP contribution in [0.25, 0.3) is 0 Å². The molecule has 0 saturated carbocycles. The molecular weight excluding hydrogens is 276 g/mol. The molecule has 0 radical (unpaired) electrons. The van der Waals surface area contributed by atoms with Crippen molar-refractivity contribution in [2.45, 2.75) is 26.5 Å². The predicted octanol–water partition coefficient (Wildman–Crippen LogP) is 2.25. The fourth-order valence-electron chi connectivity index (χ4n) is 1.59. The van der Waals surface area contributed by atoms with Gasteiger partial charge < -0.3 is 4.74 Å². The van der Waals surface area contributed by atoms with Crippen molar-refractivity contribution in [1.82, 2.24) is 19.7 Å². The van der Waals surface area contributed by atoms with Crippen LogP contribution < -0.4 is 4.74 Å². The van der Waals surface area contributed by atoms with E-state index in [2.05, 4.69) is 26.9 Å². The van der Waals surface area contributed by atoms with E-state index in [1.165, 1.54) is 6.33 Å². The fraction of sp³-hybridized carbons (Fsp3) is 0.357. The van der Waals surface area contributed by atoms with Crippen LogP contribution in [0.5, 0.6) is 5.75 Å². The molecule has 2 aromatic rings. The van der Waals surface area contributed by atoms with E-state index >= 15 is 0 Å². The standard InChI is InChI=1S/C14H15ClN4O/c1-2-19-14(17-11-18-19)10-20-13-7-12(8-16-9-13)5-3-4-6-15/h7-9,11H,2,4,6,10H2,1H3. The van der Waals surface area contributed by atoms with Gasteiger partial charge in [0, 0.05) is 30.6 Å². The van der Waals surface area contributed by atoms with Crippen molar-refractivity contribution in [2.24, 2.45) is 0 Å². The monoisotopic (exact) mass is 290 g/mol. The van der Waals surface area contributed by atoms with Gasteiger partial charge in [-0.05, 0) is 13.0 Å². The van der Waals surface area contributed by atoms with Gasteiger partial charge in [-0.25, -0.2) is 9.67 Å². The Morgan fingerprint density at radius 2 is 2.30 bits per heavy atom. The summed E-state index contributed by atoms with van der Waals surface area (Å²) in [5.41, 5.74) is 0.810. The predicted molar refractivity (Wildman–Crippen MR) is 76.5 cm³/mol. The number of halogens is 1. The molecule has 0 aliphatic carbocycles. The molecule has 0 aliphatic rings. The van der Waals surface area contributed by atoms with Gasteiger partial charge in [0.15, 0.2) is 5.82 Å². The van der Waals surface area contributed by atoms with Crippen LogP contribution in [0, 0.1) is 11.8 Å². The van der Waals surface area contributed by atoms with E-state index in [4.69, 9.17) is 16.3 Å². The van der Waals surface area contributed by atoms with Crippen molar-refractivity contribution in [3.05, 3.63) is 36.2 Å². The fourth-order valence-corrected chi connectivity index (χ4v) is 1.68. The lowest BCUT2D eigenvalue weighted by Crippen LogP contribution is -2.07. The van der Waals surface area contributed by atoms with E-state index < -0.39 is 0 Å². The Morgan fingerprint density at radius 3 is 3.10 bits per heavy atom. The summed E-state index contributed by atoms with van der Waals surface area (Å²) in [6.07, 6.45) is 5.53. The van der Waals surface area contributed by atoms with Crippen LogP contribution in [0.2, 0.25) is 0 Å². The van der Waals surface area contributed by atoms with Crippen LogP contribution in [-0.4, -0.2) is 25.6 Å². The lowest BCUT2D eigenvalue weighted by atomic mass is 10.2. The van der Waals surface area contributed by atoms with Crippen molar-refractivity contribution in [3.63, 3.8) is 0 Å². The van der Waals surface area contributed by atoms with E-state index in [-0.39, 0.29) is 0 Å². The number of aryl methyl sites for hydroxylation is 1. The topological polar surface area (TPSA) is 52.8 Å². The zero-order valence-electron chi connectivity index (χ0n) is 11.2. The first-order valence-electron chi connectivity index (χ1n) is 6.33. The molecule has 20 heavy (non-hydrogen) atoms. The first-order valence-corrected chi connectivity index (χ1v) is 6.86. The van der Waals surface area contributed by atoms with Gasteiger partial charge in [0.2, 0.25) is 0 Å². The molecule has 0 atom stereocenters.